The first-order chi connectivity index (χ1) is 13.6. The number of aromatic nitrogens is 1. The number of hydrogen-bond acceptors (Lipinski definition) is 2. The van der Waals surface area contributed by atoms with Crippen molar-refractivity contribution in [1.29, 1.82) is 0 Å². The Bertz CT molecular complexity index is 1170. The first-order valence-electron chi connectivity index (χ1n) is 9.47. The lowest BCUT2D eigenvalue weighted by Crippen LogP contribution is -2.02. The third kappa shape index (κ3) is 3.41. The zero-order valence-corrected chi connectivity index (χ0v) is 15.5. The summed E-state index contributed by atoms with van der Waals surface area (Å²) >= 11 is 0. The van der Waals surface area contributed by atoms with E-state index in [1.165, 1.54) is 0 Å². The van der Waals surface area contributed by atoms with Crippen molar-refractivity contribution in [3.63, 3.8) is 0 Å². The summed E-state index contributed by atoms with van der Waals surface area (Å²) in [7, 11) is 0. The number of unbranched alkanes of at least 4 members (excludes halogenated alkanes) is 1. The monoisotopic (exact) mass is 377 g/mol. The SMILES string of the molecule is O=C(O)CCCCn1cc(C(=O)c2cccc3ccccc23)[13c]2[13cH][13cH][13cH][13cH][13c]21. The number of fused-ring (bicyclic) bond motifs is 2. The Balaban J connectivity index is 1.72. The van der Waals surface area contributed by atoms with E-state index in [9.17, 15) is 9.59 Å². The van der Waals surface area contributed by atoms with Crippen LogP contribution in [0.15, 0.2) is 72.9 Å². The van der Waals surface area contributed by atoms with E-state index >= 15 is 0 Å². The van der Waals surface area contributed by atoms with Gasteiger partial charge in [0, 0.05) is 41.2 Å². The minimum absolute atomic E-state index is 0.0114. The molecule has 0 bridgehead atoms. The van der Waals surface area contributed by atoms with Crippen molar-refractivity contribution >= 4 is 33.4 Å². The number of ketones is 1. The number of carboxylic acid groups (broad SMARTS) is 1. The summed E-state index contributed by atoms with van der Waals surface area (Å²) < 4.78 is 2.07. The second-order valence-electron chi connectivity index (χ2n) is 6.96. The maximum atomic E-state index is 13.4. The molecule has 4 nitrogen and oxygen atoms in total. The lowest BCUT2D eigenvalue weighted by atomic mass is 10.00. The fraction of sp³-hybridized carbons (Fsp3) is 0.167. The normalized spacial score (nSPS) is 11.1. The summed E-state index contributed by atoms with van der Waals surface area (Å²) in [4.78, 5) is 24.1. The summed E-state index contributed by atoms with van der Waals surface area (Å²) in [5, 5.41) is 11.7. The smallest absolute Gasteiger partial charge is 0.303 e. The highest BCUT2D eigenvalue weighted by molar-refractivity contribution is 6.21. The highest BCUT2D eigenvalue weighted by Crippen LogP contribution is 2.27. The van der Waals surface area contributed by atoms with E-state index in [0.29, 0.717) is 24.1 Å². The van der Waals surface area contributed by atoms with Gasteiger partial charge < -0.3 is 9.67 Å². The predicted molar refractivity (Wildman–Crippen MR) is 111 cm³/mol. The number of carbonyl (C=O) groups is 2. The highest BCUT2D eigenvalue weighted by atomic mass is 16.4. The lowest BCUT2D eigenvalue weighted by Gasteiger charge is -2.05. The van der Waals surface area contributed by atoms with Gasteiger partial charge in [0.2, 0.25) is 0 Å². The standard InChI is InChI=1S/C24H21NO3/c26-23(27)14-5-6-15-25-16-21(19-11-3-4-13-22(19)25)24(28)20-12-7-9-17-8-1-2-10-18(17)20/h1-4,7-13,16H,5-6,14-15H2,(H,26,27)/i3+1,4+1,11+1,13+1,19+1,22+1. The van der Waals surface area contributed by atoms with Crippen LogP contribution in [0.2, 0.25) is 0 Å². The molecule has 3 aromatic carbocycles. The molecule has 4 aromatic rings. The van der Waals surface area contributed by atoms with Crippen LogP contribution in [0.1, 0.15) is 35.2 Å². The highest BCUT2D eigenvalue weighted by Gasteiger charge is 2.18. The van der Waals surface area contributed by atoms with E-state index in [4.69, 9.17) is 5.11 Å². The molecule has 0 atom stereocenters. The molecule has 0 amide bonds. The Hall–Kier alpha value is -3.40. The van der Waals surface area contributed by atoms with Crippen LogP contribution in [0.5, 0.6) is 0 Å². The maximum absolute atomic E-state index is 13.4. The van der Waals surface area contributed by atoms with Crippen molar-refractivity contribution in [2.45, 2.75) is 25.8 Å². The van der Waals surface area contributed by atoms with Crippen LogP contribution in [0.25, 0.3) is 21.7 Å². The van der Waals surface area contributed by atoms with Crippen LogP contribution in [0, 0.1) is 0 Å². The van der Waals surface area contributed by atoms with E-state index in [-0.39, 0.29) is 12.2 Å². The minimum Gasteiger partial charge on any atom is -0.481 e. The minimum atomic E-state index is -0.774. The van der Waals surface area contributed by atoms with E-state index in [0.717, 1.165) is 28.1 Å². The number of carbonyl (C=O) groups excluding carboxylic acids is 1. The maximum Gasteiger partial charge on any atom is 0.303 e. The van der Waals surface area contributed by atoms with Crippen molar-refractivity contribution < 1.29 is 14.7 Å². The van der Waals surface area contributed by atoms with Crippen LogP contribution in [-0.2, 0) is 11.3 Å². The molecule has 0 aliphatic carbocycles. The Labute approximate surface area is 163 Å². The van der Waals surface area contributed by atoms with E-state index in [1.807, 2.05) is 72.9 Å². The first kappa shape index (κ1) is 18.0. The lowest BCUT2D eigenvalue weighted by molar-refractivity contribution is -0.137. The molecule has 0 saturated carbocycles. The molecule has 4 heteroatoms. The van der Waals surface area contributed by atoms with Gasteiger partial charge in [-0.15, -0.1) is 0 Å². The predicted octanol–water partition coefficient (Wildman–Crippen LogP) is 5.28. The molecule has 0 spiro atoms. The topological polar surface area (TPSA) is 59.3 Å². The molecule has 0 radical (unpaired) electrons. The molecule has 1 heterocycles. The van der Waals surface area contributed by atoms with E-state index < -0.39 is 5.97 Å². The van der Waals surface area contributed by atoms with Crippen LogP contribution in [-0.4, -0.2) is 21.4 Å². The average Bonchev–Trinajstić information content (AvgIpc) is 3.09. The molecule has 1 aromatic heterocycles. The van der Waals surface area contributed by atoms with Gasteiger partial charge in [0.25, 0.3) is 0 Å². The Morgan fingerprint density at radius 3 is 2.32 bits per heavy atom. The van der Waals surface area contributed by atoms with Gasteiger partial charge in [0.15, 0.2) is 5.78 Å². The summed E-state index contributed by atoms with van der Waals surface area (Å²) in [5.41, 5.74) is 2.39. The number of aryl methyl sites for hydroxylation is 1. The summed E-state index contributed by atoms with van der Waals surface area (Å²) in [6.45, 7) is 0.691. The number of carboxylic acids is 1. The van der Waals surface area contributed by atoms with Crippen molar-refractivity contribution in [2.24, 2.45) is 0 Å². The van der Waals surface area contributed by atoms with Crippen molar-refractivity contribution in [3.8, 4) is 0 Å². The molecule has 1 N–H and O–H groups in total. The van der Waals surface area contributed by atoms with Gasteiger partial charge in [-0.05, 0) is 29.7 Å². The number of para-hydroxylation sites is 1. The molecule has 0 fully saturated rings. The van der Waals surface area contributed by atoms with Crippen molar-refractivity contribution in [2.75, 3.05) is 0 Å². The Morgan fingerprint density at radius 1 is 0.786 bits per heavy atom. The van der Waals surface area contributed by atoms with Crippen LogP contribution in [0.4, 0.5) is 0 Å². The zero-order valence-electron chi connectivity index (χ0n) is 15.5. The van der Waals surface area contributed by atoms with Crippen molar-refractivity contribution in [1.82, 2.24) is 4.57 Å². The number of rotatable bonds is 7. The van der Waals surface area contributed by atoms with Gasteiger partial charge in [-0.25, -0.2) is 0 Å². The number of hydrogen-bond donors (Lipinski definition) is 1. The Kier molecular flexibility index (Phi) is 4.94. The number of nitrogens with zero attached hydrogens (tertiary/aromatic N) is 1. The molecule has 0 unspecified atom stereocenters. The summed E-state index contributed by atoms with van der Waals surface area (Å²) in [6, 6.07) is 21.6. The van der Waals surface area contributed by atoms with Crippen LogP contribution < -0.4 is 0 Å². The number of aliphatic carboxylic acids is 1. The molecular weight excluding hydrogens is 356 g/mol. The average molecular weight is 377 g/mol. The largest absolute Gasteiger partial charge is 0.481 e. The summed E-state index contributed by atoms with van der Waals surface area (Å²) in [6.07, 6.45) is 3.46. The van der Waals surface area contributed by atoms with Crippen LogP contribution >= 0.6 is 0 Å². The fourth-order valence-corrected chi connectivity index (χ4v) is 3.74. The van der Waals surface area contributed by atoms with Crippen molar-refractivity contribution in [3.05, 3.63) is 84.1 Å². The van der Waals surface area contributed by atoms with Gasteiger partial charge in [0.1, 0.15) is 0 Å². The fourth-order valence-electron chi connectivity index (χ4n) is 3.74. The van der Waals surface area contributed by atoms with E-state index in [1.54, 1.807) is 0 Å². The molecule has 0 saturated heterocycles. The Morgan fingerprint density at radius 2 is 1.50 bits per heavy atom. The third-order valence-electron chi connectivity index (χ3n) is 5.11. The van der Waals surface area contributed by atoms with Gasteiger partial charge in [-0.1, -0.05) is 60.7 Å². The molecular formula is C24H21NO3. The van der Waals surface area contributed by atoms with Gasteiger partial charge in [0.05, 0.1) is 0 Å². The second kappa shape index (κ2) is 7.69. The van der Waals surface area contributed by atoms with Gasteiger partial charge in [-0.2, -0.15) is 0 Å². The quantitative estimate of drug-likeness (QED) is 0.352. The molecule has 140 valence electrons. The van der Waals surface area contributed by atoms with Gasteiger partial charge in [-0.3, -0.25) is 9.59 Å². The molecule has 0 aliphatic rings. The molecule has 28 heavy (non-hydrogen) atoms. The number of benzene rings is 3. The molecule has 4 rings (SSSR count). The van der Waals surface area contributed by atoms with Gasteiger partial charge >= 0.3 is 5.97 Å². The molecule has 0 aliphatic heterocycles. The third-order valence-corrected chi connectivity index (χ3v) is 5.11. The zero-order chi connectivity index (χ0) is 19.5. The first-order valence-corrected chi connectivity index (χ1v) is 9.47. The summed E-state index contributed by atoms with van der Waals surface area (Å²) in [5.74, 6) is -0.763. The second-order valence-corrected chi connectivity index (χ2v) is 6.96. The van der Waals surface area contributed by atoms with E-state index in [2.05, 4.69) is 4.57 Å². The van der Waals surface area contributed by atoms with Crippen LogP contribution in [0.3, 0.4) is 0 Å².